The quantitative estimate of drug-likeness (QED) is 0.548. The summed E-state index contributed by atoms with van der Waals surface area (Å²) < 4.78 is 35.0. The summed E-state index contributed by atoms with van der Waals surface area (Å²) in [5, 5.41) is 0. The zero-order valence-corrected chi connectivity index (χ0v) is 9.21. The van der Waals surface area contributed by atoms with Crippen LogP contribution in [0.3, 0.4) is 0 Å². The number of carbonyl (C=O) groups is 1. The smallest absolute Gasteiger partial charge is 0.428 e. The van der Waals surface area contributed by atoms with Crippen molar-refractivity contribution in [1.82, 2.24) is 0 Å². The lowest BCUT2D eigenvalue weighted by molar-refractivity contribution is 0.0198. The Morgan fingerprint density at radius 2 is 1.88 bits per heavy atom. The molecule has 16 heavy (non-hydrogen) atoms. The van der Waals surface area contributed by atoms with Crippen molar-refractivity contribution in [3.05, 3.63) is 29.8 Å². The van der Waals surface area contributed by atoms with Gasteiger partial charge in [-0.2, -0.15) is 0 Å². The molecule has 0 atom stereocenters. The number of ether oxygens (including phenoxy) is 2. The highest BCUT2D eigenvalue weighted by atomic mass is 19.1. The van der Waals surface area contributed by atoms with Crippen LogP contribution < -0.4 is 4.74 Å². The Bertz CT molecular complexity index is 397. The van der Waals surface area contributed by atoms with Gasteiger partial charge < -0.3 is 9.47 Å². The van der Waals surface area contributed by atoms with Crippen molar-refractivity contribution < 1.29 is 23.0 Å². The number of benzene rings is 1. The molecule has 3 nitrogen and oxygen atoms in total. The first-order chi connectivity index (χ1) is 7.28. The van der Waals surface area contributed by atoms with E-state index in [2.05, 4.69) is 4.74 Å². The molecular formula is C11H12F2O3. The summed E-state index contributed by atoms with van der Waals surface area (Å²) in [6.45, 7) is 4.94. The Morgan fingerprint density at radius 1 is 1.25 bits per heavy atom. The van der Waals surface area contributed by atoms with Crippen LogP contribution in [-0.2, 0) is 4.74 Å². The van der Waals surface area contributed by atoms with E-state index in [1.54, 1.807) is 20.8 Å². The van der Waals surface area contributed by atoms with E-state index < -0.39 is 23.4 Å². The van der Waals surface area contributed by atoms with Crippen molar-refractivity contribution in [1.29, 1.82) is 0 Å². The van der Waals surface area contributed by atoms with Crippen molar-refractivity contribution in [2.45, 2.75) is 26.4 Å². The summed E-state index contributed by atoms with van der Waals surface area (Å²) in [6.07, 6.45) is -1.03. The van der Waals surface area contributed by atoms with Crippen LogP contribution in [0.15, 0.2) is 18.2 Å². The lowest BCUT2D eigenvalue weighted by atomic mass is 10.2. The average Bonchev–Trinajstić information content (AvgIpc) is 2.06. The maximum absolute atomic E-state index is 13.1. The third kappa shape index (κ3) is 3.84. The van der Waals surface area contributed by atoms with Gasteiger partial charge in [-0.15, -0.1) is 0 Å². The first-order valence-corrected chi connectivity index (χ1v) is 4.64. The molecule has 1 aromatic carbocycles. The van der Waals surface area contributed by atoms with Gasteiger partial charge in [0.1, 0.15) is 11.4 Å². The zero-order valence-electron chi connectivity index (χ0n) is 9.21. The summed E-state index contributed by atoms with van der Waals surface area (Å²) in [4.78, 5) is 11.2. The molecule has 0 amide bonds. The van der Waals surface area contributed by atoms with Crippen LogP contribution >= 0.6 is 0 Å². The molecule has 0 aliphatic carbocycles. The van der Waals surface area contributed by atoms with Gasteiger partial charge in [0.2, 0.25) is 0 Å². The van der Waals surface area contributed by atoms with Gasteiger partial charge in [-0.05, 0) is 32.9 Å². The zero-order chi connectivity index (χ0) is 12.3. The van der Waals surface area contributed by atoms with Crippen LogP contribution in [0.4, 0.5) is 13.6 Å². The van der Waals surface area contributed by atoms with Crippen molar-refractivity contribution in [2.75, 3.05) is 0 Å². The minimum absolute atomic E-state index is 0.365. The van der Waals surface area contributed by atoms with Crippen molar-refractivity contribution in [3.63, 3.8) is 0 Å². The number of hydrogen-bond donors (Lipinski definition) is 0. The summed E-state index contributed by atoms with van der Waals surface area (Å²) in [5.74, 6) is -2.06. The van der Waals surface area contributed by atoms with Crippen LogP contribution in [-0.4, -0.2) is 11.8 Å². The van der Waals surface area contributed by atoms with E-state index in [0.29, 0.717) is 6.07 Å². The number of carbonyl (C=O) groups excluding carboxylic acids is 1. The highest BCUT2D eigenvalue weighted by molar-refractivity contribution is 5.64. The molecule has 0 saturated carbocycles. The lowest BCUT2D eigenvalue weighted by Crippen LogP contribution is -2.26. The Morgan fingerprint density at radius 3 is 2.38 bits per heavy atom. The fourth-order valence-corrected chi connectivity index (χ4v) is 0.919. The highest BCUT2D eigenvalue weighted by Gasteiger charge is 2.19. The van der Waals surface area contributed by atoms with Crippen LogP contribution in [0.1, 0.15) is 20.8 Å². The maximum Gasteiger partial charge on any atom is 0.514 e. The topological polar surface area (TPSA) is 35.5 Å². The van der Waals surface area contributed by atoms with E-state index >= 15 is 0 Å². The molecule has 0 spiro atoms. The SMILES string of the molecule is CC(C)(C)OC(=O)Oc1ccc(F)cc1F. The van der Waals surface area contributed by atoms with Gasteiger partial charge in [-0.3, -0.25) is 0 Å². The molecule has 1 aromatic rings. The summed E-state index contributed by atoms with van der Waals surface area (Å²) in [7, 11) is 0. The molecule has 0 unspecified atom stereocenters. The highest BCUT2D eigenvalue weighted by Crippen LogP contribution is 2.19. The maximum atomic E-state index is 13.1. The molecule has 0 heterocycles. The molecular weight excluding hydrogens is 218 g/mol. The lowest BCUT2D eigenvalue weighted by Gasteiger charge is -2.18. The number of halogens is 2. The number of hydrogen-bond acceptors (Lipinski definition) is 3. The van der Waals surface area contributed by atoms with Gasteiger partial charge in [0.25, 0.3) is 0 Å². The Balaban J connectivity index is 2.70. The van der Waals surface area contributed by atoms with E-state index in [1.807, 2.05) is 0 Å². The first-order valence-electron chi connectivity index (χ1n) is 4.64. The largest absolute Gasteiger partial charge is 0.514 e. The average molecular weight is 230 g/mol. The Labute approximate surface area is 92.0 Å². The molecule has 0 aromatic heterocycles. The second kappa shape index (κ2) is 4.47. The predicted molar refractivity (Wildman–Crippen MR) is 53.2 cm³/mol. The molecule has 88 valence electrons. The minimum Gasteiger partial charge on any atom is -0.428 e. The monoisotopic (exact) mass is 230 g/mol. The summed E-state index contributed by atoms with van der Waals surface area (Å²) in [6, 6.07) is 2.64. The summed E-state index contributed by atoms with van der Waals surface area (Å²) in [5.41, 5.74) is -0.729. The third-order valence-electron chi connectivity index (χ3n) is 1.48. The van der Waals surface area contributed by atoms with Gasteiger partial charge in [0, 0.05) is 6.07 Å². The standard InChI is InChI=1S/C11H12F2O3/c1-11(2,3)16-10(14)15-9-5-4-7(12)6-8(9)13/h4-6H,1-3H3. The molecule has 5 heteroatoms. The van der Waals surface area contributed by atoms with Crippen LogP contribution in [0.2, 0.25) is 0 Å². The second-order valence-corrected chi connectivity index (χ2v) is 4.14. The molecule has 1 rings (SSSR count). The van der Waals surface area contributed by atoms with Crippen molar-refractivity contribution >= 4 is 6.16 Å². The molecule has 0 radical (unpaired) electrons. The van der Waals surface area contributed by atoms with Gasteiger partial charge in [0.15, 0.2) is 11.6 Å². The second-order valence-electron chi connectivity index (χ2n) is 4.14. The van der Waals surface area contributed by atoms with E-state index in [0.717, 1.165) is 12.1 Å². The predicted octanol–water partition coefficient (Wildman–Crippen LogP) is 3.28. The van der Waals surface area contributed by atoms with Gasteiger partial charge in [-0.25, -0.2) is 13.6 Å². The van der Waals surface area contributed by atoms with E-state index in [9.17, 15) is 13.6 Å². The number of rotatable bonds is 1. The molecule has 0 N–H and O–H groups in total. The fourth-order valence-electron chi connectivity index (χ4n) is 0.919. The molecule has 0 aliphatic rings. The van der Waals surface area contributed by atoms with Crippen LogP contribution in [0.5, 0.6) is 5.75 Å². The molecule has 0 saturated heterocycles. The Hall–Kier alpha value is -1.65. The molecule has 0 fully saturated rings. The minimum atomic E-state index is -1.03. The fraction of sp³-hybridized carbons (Fsp3) is 0.364. The summed E-state index contributed by atoms with van der Waals surface area (Å²) >= 11 is 0. The van der Waals surface area contributed by atoms with Gasteiger partial charge in [0.05, 0.1) is 0 Å². The van der Waals surface area contributed by atoms with E-state index in [4.69, 9.17) is 4.74 Å². The van der Waals surface area contributed by atoms with Crippen molar-refractivity contribution in [2.24, 2.45) is 0 Å². The van der Waals surface area contributed by atoms with E-state index in [-0.39, 0.29) is 5.75 Å². The van der Waals surface area contributed by atoms with Crippen molar-refractivity contribution in [3.8, 4) is 5.75 Å². The molecule has 0 aliphatic heterocycles. The molecule has 0 bridgehead atoms. The van der Waals surface area contributed by atoms with E-state index in [1.165, 1.54) is 0 Å². The van der Waals surface area contributed by atoms with Crippen LogP contribution in [0.25, 0.3) is 0 Å². The van der Waals surface area contributed by atoms with Gasteiger partial charge >= 0.3 is 6.16 Å². The Kier molecular flexibility index (Phi) is 3.47. The van der Waals surface area contributed by atoms with Gasteiger partial charge in [-0.1, -0.05) is 0 Å². The first kappa shape index (κ1) is 12.4. The van der Waals surface area contributed by atoms with Crippen LogP contribution in [0, 0.1) is 11.6 Å². The third-order valence-corrected chi connectivity index (χ3v) is 1.48. The normalized spacial score (nSPS) is 11.1.